The molecule has 0 saturated heterocycles. The minimum absolute atomic E-state index is 0.822. The van der Waals surface area contributed by atoms with Gasteiger partial charge in [0.15, 0.2) is 0 Å². The van der Waals surface area contributed by atoms with Crippen LogP contribution in [0.25, 0.3) is 6.08 Å². The number of nitrogens with zero attached hydrogens (tertiary/aromatic N) is 2. The van der Waals surface area contributed by atoms with E-state index in [0.29, 0.717) is 0 Å². The largest absolute Gasteiger partial charge is 0.478 e. The predicted molar refractivity (Wildman–Crippen MR) is 72.6 cm³/mol. The Morgan fingerprint density at radius 2 is 2.33 bits per heavy atom. The van der Waals surface area contributed by atoms with E-state index in [0.717, 1.165) is 21.7 Å². The lowest BCUT2D eigenvalue weighted by atomic mass is 10.4. The molecule has 0 aliphatic rings. The van der Waals surface area contributed by atoms with Crippen molar-refractivity contribution in [2.75, 3.05) is 0 Å². The molecule has 0 fully saturated rings. The summed E-state index contributed by atoms with van der Waals surface area (Å²) in [5.41, 5.74) is 0. The number of carboxylic acid groups (broad SMARTS) is 1. The van der Waals surface area contributed by atoms with Gasteiger partial charge in [-0.1, -0.05) is 0 Å². The van der Waals surface area contributed by atoms with Crippen LogP contribution in [-0.2, 0) is 10.5 Å². The summed E-state index contributed by atoms with van der Waals surface area (Å²) >= 11 is 3.21. The Labute approximate surface area is 112 Å². The van der Waals surface area contributed by atoms with Gasteiger partial charge in [-0.05, 0) is 24.3 Å². The van der Waals surface area contributed by atoms with E-state index in [2.05, 4.69) is 9.97 Å². The van der Waals surface area contributed by atoms with Crippen molar-refractivity contribution in [1.29, 1.82) is 0 Å². The fourth-order valence-electron chi connectivity index (χ4n) is 1.22. The number of aromatic nitrogens is 2. The monoisotopic (exact) mass is 278 g/mol. The fraction of sp³-hybridized carbons (Fsp3) is 0.0833. The summed E-state index contributed by atoms with van der Waals surface area (Å²) in [5.74, 6) is -0.108. The van der Waals surface area contributed by atoms with Crippen LogP contribution >= 0.6 is 23.1 Å². The van der Waals surface area contributed by atoms with Gasteiger partial charge in [-0.3, -0.25) is 0 Å². The molecule has 2 heterocycles. The van der Waals surface area contributed by atoms with Crippen LogP contribution in [0.2, 0.25) is 0 Å². The van der Waals surface area contributed by atoms with Crippen molar-refractivity contribution in [3.8, 4) is 0 Å². The van der Waals surface area contributed by atoms with Crippen molar-refractivity contribution >= 4 is 35.1 Å². The first-order valence-corrected chi connectivity index (χ1v) is 6.93. The number of thiophene rings is 1. The van der Waals surface area contributed by atoms with E-state index in [4.69, 9.17) is 5.11 Å². The number of thioether (sulfide) groups is 1. The fourth-order valence-corrected chi connectivity index (χ4v) is 3.01. The second-order valence-corrected chi connectivity index (χ2v) is 5.51. The topological polar surface area (TPSA) is 63.1 Å². The van der Waals surface area contributed by atoms with E-state index in [1.54, 1.807) is 35.4 Å². The highest BCUT2D eigenvalue weighted by Crippen LogP contribution is 2.25. The summed E-state index contributed by atoms with van der Waals surface area (Å²) < 4.78 is 0. The molecule has 2 aromatic rings. The van der Waals surface area contributed by atoms with E-state index in [-0.39, 0.29) is 0 Å². The highest BCUT2D eigenvalue weighted by atomic mass is 32.2. The van der Waals surface area contributed by atoms with E-state index in [1.165, 1.54) is 11.2 Å². The summed E-state index contributed by atoms with van der Waals surface area (Å²) in [4.78, 5) is 20.5. The average Bonchev–Trinajstić information content (AvgIpc) is 2.83. The van der Waals surface area contributed by atoms with E-state index in [1.807, 2.05) is 18.2 Å². The normalized spacial score (nSPS) is 10.9. The maximum absolute atomic E-state index is 10.4. The minimum atomic E-state index is -0.930. The molecule has 2 rings (SSSR count). The van der Waals surface area contributed by atoms with Gasteiger partial charge in [-0.2, -0.15) is 0 Å². The maximum Gasteiger partial charge on any atom is 0.328 e. The number of aliphatic carboxylic acids is 1. The zero-order valence-electron chi connectivity index (χ0n) is 9.31. The van der Waals surface area contributed by atoms with Crippen molar-refractivity contribution in [3.63, 3.8) is 0 Å². The molecular weight excluding hydrogens is 268 g/mol. The van der Waals surface area contributed by atoms with Crippen LogP contribution in [-0.4, -0.2) is 21.0 Å². The van der Waals surface area contributed by atoms with Crippen LogP contribution in [0.4, 0.5) is 0 Å². The predicted octanol–water partition coefficient (Wildman–Crippen LogP) is 2.93. The van der Waals surface area contributed by atoms with E-state index < -0.39 is 5.97 Å². The second kappa shape index (κ2) is 6.32. The molecule has 2 aromatic heterocycles. The van der Waals surface area contributed by atoms with Gasteiger partial charge in [0.2, 0.25) is 0 Å². The zero-order valence-corrected chi connectivity index (χ0v) is 10.9. The van der Waals surface area contributed by atoms with Crippen molar-refractivity contribution in [3.05, 3.63) is 46.6 Å². The highest BCUT2D eigenvalue weighted by molar-refractivity contribution is 7.98. The van der Waals surface area contributed by atoms with Crippen LogP contribution in [0.1, 0.15) is 9.75 Å². The molecule has 0 atom stereocenters. The molecule has 0 radical (unpaired) electrons. The van der Waals surface area contributed by atoms with Gasteiger partial charge in [0, 0.05) is 27.8 Å². The molecule has 0 saturated carbocycles. The molecule has 18 heavy (non-hydrogen) atoms. The van der Waals surface area contributed by atoms with Gasteiger partial charge in [0.05, 0.1) is 5.03 Å². The van der Waals surface area contributed by atoms with Crippen molar-refractivity contribution in [1.82, 2.24) is 9.97 Å². The lowest BCUT2D eigenvalue weighted by molar-refractivity contribution is -0.131. The summed E-state index contributed by atoms with van der Waals surface area (Å²) in [6.45, 7) is 0. The number of hydrogen-bond donors (Lipinski definition) is 1. The number of carboxylic acids is 1. The molecule has 0 amide bonds. The Balaban J connectivity index is 1.93. The molecule has 0 bridgehead atoms. The van der Waals surface area contributed by atoms with Crippen LogP contribution in [0, 0.1) is 0 Å². The SMILES string of the molecule is O=C(O)C=Cc1ccc(CSc2ccncn2)s1. The van der Waals surface area contributed by atoms with Gasteiger partial charge >= 0.3 is 5.97 Å². The van der Waals surface area contributed by atoms with Crippen LogP contribution in [0.3, 0.4) is 0 Å². The molecule has 0 aromatic carbocycles. The molecule has 92 valence electrons. The van der Waals surface area contributed by atoms with Gasteiger partial charge < -0.3 is 5.11 Å². The van der Waals surface area contributed by atoms with Gasteiger partial charge in [0.25, 0.3) is 0 Å². The first kappa shape index (κ1) is 12.8. The summed E-state index contributed by atoms with van der Waals surface area (Å²) in [5, 5.41) is 9.46. The van der Waals surface area contributed by atoms with E-state index in [9.17, 15) is 4.79 Å². The number of rotatable bonds is 5. The Hall–Kier alpha value is -1.66. The quantitative estimate of drug-likeness (QED) is 0.517. The third-order valence-corrected chi connectivity index (χ3v) is 4.22. The average molecular weight is 278 g/mol. The summed E-state index contributed by atoms with van der Waals surface area (Å²) in [6.07, 6.45) is 5.99. The highest BCUT2D eigenvalue weighted by Gasteiger charge is 2.00. The third kappa shape index (κ3) is 3.97. The third-order valence-electron chi connectivity index (χ3n) is 1.99. The van der Waals surface area contributed by atoms with Crippen molar-refractivity contribution in [2.24, 2.45) is 0 Å². The minimum Gasteiger partial charge on any atom is -0.478 e. The molecule has 0 unspecified atom stereocenters. The molecule has 1 N–H and O–H groups in total. The first-order valence-electron chi connectivity index (χ1n) is 5.12. The first-order chi connectivity index (χ1) is 8.74. The molecule has 0 aliphatic carbocycles. The molecule has 0 spiro atoms. The standard InChI is InChI=1S/C12H10N2O2S2/c15-12(16)4-3-9-1-2-10(18-9)7-17-11-5-6-13-8-14-11/h1-6,8H,7H2,(H,15,16). The molecule has 4 nitrogen and oxygen atoms in total. The van der Waals surface area contributed by atoms with Crippen LogP contribution in [0.5, 0.6) is 0 Å². The second-order valence-electron chi connectivity index (χ2n) is 3.31. The zero-order chi connectivity index (χ0) is 12.8. The molecular formula is C12H10N2O2S2. The lowest BCUT2D eigenvalue weighted by Gasteiger charge is -1.96. The Morgan fingerprint density at radius 1 is 1.44 bits per heavy atom. The van der Waals surface area contributed by atoms with Crippen LogP contribution < -0.4 is 0 Å². The Bertz CT molecular complexity index is 552. The number of hydrogen-bond acceptors (Lipinski definition) is 5. The smallest absolute Gasteiger partial charge is 0.328 e. The van der Waals surface area contributed by atoms with Gasteiger partial charge in [-0.15, -0.1) is 23.1 Å². The van der Waals surface area contributed by atoms with Gasteiger partial charge in [0.1, 0.15) is 6.33 Å². The number of carbonyl (C=O) groups is 1. The molecule has 6 heteroatoms. The van der Waals surface area contributed by atoms with Crippen molar-refractivity contribution in [2.45, 2.75) is 10.8 Å². The summed E-state index contributed by atoms with van der Waals surface area (Å²) in [6, 6.07) is 5.78. The summed E-state index contributed by atoms with van der Waals surface area (Å²) in [7, 11) is 0. The van der Waals surface area contributed by atoms with E-state index >= 15 is 0 Å². The maximum atomic E-state index is 10.4. The van der Waals surface area contributed by atoms with Crippen LogP contribution in [0.15, 0.2) is 41.8 Å². The Morgan fingerprint density at radius 3 is 3.06 bits per heavy atom. The van der Waals surface area contributed by atoms with Gasteiger partial charge in [-0.25, -0.2) is 14.8 Å². The Kier molecular flexibility index (Phi) is 4.49. The lowest BCUT2D eigenvalue weighted by Crippen LogP contribution is -1.84. The van der Waals surface area contributed by atoms with Crippen molar-refractivity contribution < 1.29 is 9.90 Å². The molecule has 0 aliphatic heterocycles.